The summed E-state index contributed by atoms with van der Waals surface area (Å²) in [6, 6.07) is 7.36. The van der Waals surface area contributed by atoms with Gasteiger partial charge in [0, 0.05) is 23.7 Å². The SMILES string of the molecule is CSc1cccc(NC(=O)C(=O)NCCN(C)C)c1. The second-order valence-corrected chi connectivity index (χ2v) is 5.12. The number of nitrogens with zero attached hydrogens (tertiary/aromatic N) is 1. The Kier molecular flexibility index (Phi) is 6.38. The molecule has 0 aliphatic carbocycles. The zero-order valence-corrected chi connectivity index (χ0v) is 12.2. The van der Waals surface area contributed by atoms with Gasteiger partial charge in [0.05, 0.1) is 0 Å². The molecule has 0 spiro atoms. The predicted octanol–water partition coefficient (Wildman–Crippen LogP) is 1.02. The summed E-state index contributed by atoms with van der Waals surface area (Å²) in [6.07, 6.45) is 1.95. The molecule has 0 aromatic heterocycles. The fraction of sp³-hybridized carbons (Fsp3) is 0.385. The van der Waals surface area contributed by atoms with E-state index in [1.165, 1.54) is 0 Å². The fourth-order valence-electron chi connectivity index (χ4n) is 1.36. The van der Waals surface area contributed by atoms with Crippen LogP contribution in [-0.4, -0.2) is 50.2 Å². The summed E-state index contributed by atoms with van der Waals surface area (Å²) in [5.74, 6) is -1.26. The van der Waals surface area contributed by atoms with E-state index in [4.69, 9.17) is 0 Å². The number of thioether (sulfide) groups is 1. The number of carbonyl (C=O) groups is 2. The standard InChI is InChI=1S/C13H19N3O2S/c1-16(2)8-7-14-12(17)13(18)15-10-5-4-6-11(9-10)19-3/h4-6,9H,7-8H2,1-3H3,(H,14,17)(H,15,18). The van der Waals surface area contributed by atoms with E-state index in [-0.39, 0.29) is 0 Å². The Morgan fingerprint density at radius 2 is 2.00 bits per heavy atom. The number of hydrogen-bond donors (Lipinski definition) is 2. The molecule has 0 bridgehead atoms. The van der Waals surface area contributed by atoms with E-state index in [1.807, 2.05) is 43.5 Å². The van der Waals surface area contributed by atoms with Crippen molar-refractivity contribution in [3.63, 3.8) is 0 Å². The Labute approximate surface area is 117 Å². The lowest BCUT2D eigenvalue weighted by atomic mass is 10.3. The smallest absolute Gasteiger partial charge is 0.313 e. The quantitative estimate of drug-likeness (QED) is 0.625. The van der Waals surface area contributed by atoms with Crippen molar-refractivity contribution in [1.29, 1.82) is 0 Å². The van der Waals surface area contributed by atoms with Gasteiger partial charge in [0.2, 0.25) is 0 Å². The van der Waals surface area contributed by atoms with Crippen LogP contribution in [0.15, 0.2) is 29.2 Å². The van der Waals surface area contributed by atoms with E-state index in [0.717, 1.165) is 4.90 Å². The first-order valence-electron chi connectivity index (χ1n) is 5.91. The molecule has 19 heavy (non-hydrogen) atoms. The second kappa shape index (κ2) is 7.81. The van der Waals surface area contributed by atoms with E-state index in [1.54, 1.807) is 17.8 Å². The minimum atomic E-state index is -0.642. The molecule has 0 saturated carbocycles. The van der Waals surface area contributed by atoms with Gasteiger partial charge >= 0.3 is 11.8 Å². The number of amides is 2. The molecule has 2 N–H and O–H groups in total. The average molecular weight is 281 g/mol. The average Bonchev–Trinajstić information content (AvgIpc) is 2.38. The number of nitrogens with one attached hydrogen (secondary N) is 2. The van der Waals surface area contributed by atoms with Crippen molar-refractivity contribution in [2.45, 2.75) is 4.90 Å². The zero-order valence-electron chi connectivity index (χ0n) is 11.4. The van der Waals surface area contributed by atoms with Crippen molar-refractivity contribution < 1.29 is 9.59 Å². The monoisotopic (exact) mass is 281 g/mol. The minimum absolute atomic E-state index is 0.449. The first-order valence-corrected chi connectivity index (χ1v) is 7.13. The topological polar surface area (TPSA) is 61.4 Å². The van der Waals surface area contributed by atoms with Crippen LogP contribution in [0.4, 0.5) is 5.69 Å². The minimum Gasteiger partial charge on any atom is -0.347 e. The number of benzene rings is 1. The molecule has 1 aromatic carbocycles. The first kappa shape index (κ1) is 15.5. The Bertz CT molecular complexity index is 449. The molecule has 6 heteroatoms. The van der Waals surface area contributed by atoms with Gasteiger partial charge in [-0.05, 0) is 38.6 Å². The van der Waals surface area contributed by atoms with Gasteiger partial charge < -0.3 is 15.5 Å². The number of rotatable bonds is 5. The molecule has 0 atom stereocenters. The van der Waals surface area contributed by atoms with Crippen molar-refractivity contribution in [3.05, 3.63) is 24.3 Å². The first-order chi connectivity index (χ1) is 9.02. The number of carbonyl (C=O) groups excluding carboxylic acids is 2. The molecule has 104 valence electrons. The Hall–Kier alpha value is -1.53. The van der Waals surface area contributed by atoms with Crippen LogP contribution in [-0.2, 0) is 9.59 Å². The van der Waals surface area contributed by atoms with Gasteiger partial charge in [0.1, 0.15) is 0 Å². The molecule has 1 rings (SSSR count). The van der Waals surface area contributed by atoms with Crippen LogP contribution in [0.5, 0.6) is 0 Å². The summed E-state index contributed by atoms with van der Waals surface area (Å²) in [7, 11) is 3.81. The van der Waals surface area contributed by atoms with Gasteiger partial charge in [-0.2, -0.15) is 0 Å². The maximum Gasteiger partial charge on any atom is 0.313 e. The molecule has 0 aliphatic heterocycles. The summed E-state index contributed by atoms with van der Waals surface area (Å²) >= 11 is 1.58. The van der Waals surface area contributed by atoms with Gasteiger partial charge in [-0.15, -0.1) is 11.8 Å². The number of hydrogen-bond acceptors (Lipinski definition) is 4. The molecule has 0 aliphatic rings. The van der Waals surface area contributed by atoms with E-state index in [2.05, 4.69) is 10.6 Å². The van der Waals surface area contributed by atoms with Gasteiger partial charge in [-0.1, -0.05) is 6.07 Å². The van der Waals surface area contributed by atoms with Gasteiger partial charge in [0.15, 0.2) is 0 Å². The van der Waals surface area contributed by atoms with Gasteiger partial charge in [0.25, 0.3) is 0 Å². The third-order valence-electron chi connectivity index (χ3n) is 2.38. The van der Waals surface area contributed by atoms with E-state index >= 15 is 0 Å². The second-order valence-electron chi connectivity index (χ2n) is 4.25. The Morgan fingerprint density at radius 3 is 2.63 bits per heavy atom. The van der Waals surface area contributed by atoms with E-state index < -0.39 is 11.8 Å². The highest BCUT2D eigenvalue weighted by Gasteiger charge is 2.13. The Morgan fingerprint density at radius 1 is 1.26 bits per heavy atom. The fourth-order valence-corrected chi connectivity index (χ4v) is 1.82. The van der Waals surface area contributed by atoms with Crippen LogP contribution in [0.1, 0.15) is 0 Å². The zero-order chi connectivity index (χ0) is 14.3. The molecule has 0 fully saturated rings. The molecule has 5 nitrogen and oxygen atoms in total. The van der Waals surface area contributed by atoms with Crippen LogP contribution < -0.4 is 10.6 Å². The van der Waals surface area contributed by atoms with Crippen molar-refractivity contribution in [2.24, 2.45) is 0 Å². The van der Waals surface area contributed by atoms with Crippen LogP contribution in [0.2, 0.25) is 0 Å². The maximum absolute atomic E-state index is 11.6. The van der Waals surface area contributed by atoms with Gasteiger partial charge in [-0.25, -0.2) is 0 Å². The lowest BCUT2D eigenvalue weighted by Crippen LogP contribution is -2.38. The maximum atomic E-state index is 11.6. The van der Waals surface area contributed by atoms with Crippen LogP contribution >= 0.6 is 11.8 Å². The van der Waals surface area contributed by atoms with E-state index in [9.17, 15) is 9.59 Å². The third kappa shape index (κ3) is 5.76. The third-order valence-corrected chi connectivity index (χ3v) is 3.10. The predicted molar refractivity (Wildman–Crippen MR) is 78.4 cm³/mol. The van der Waals surface area contributed by atoms with Crippen LogP contribution in [0.25, 0.3) is 0 Å². The molecule has 0 saturated heterocycles. The summed E-state index contributed by atoms with van der Waals surface area (Å²) < 4.78 is 0. The van der Waals surface area contributed by atoms with Crippen LogP contribution in [0.3, 0.4) is 0 Å². The lowest BCUT2D eigenvalue weighted by molar-refractivity contribution is -0.136. The molecule has 0 heterocycles. The summed E-state index contributed by atoms with van der Waals surface area (Å²) in [5.41, 5.74) is 0.625. The van der Waals surface area contributed by atoms with E-state index in [0.29, 0.717) is 18.8 Å². The summed E-state index contributed by atoms with van der Waals surface area (Å²) in [5, 5.41) is 5.14. The number of anilines is 1. The van der Waals surface area contributed by atoms with Crippen molar-refractivity contribution in [3.8, 4) is 0 Å². The largest absolute Gasteiger partial charge is 0.347 e. The molecule has 0 radical (unpaired) electrons. The normalized spacial score (nSPS) is 10.3. The van der Waals surface area contributed by atoms with Crippen molar-refractivity contribution >= 4 is 29.3 Å². The molecule has 0 unspecified atom stereocenters. The van der Waals surface area contributed by atoms with Crippen LogP contribution in [0, 0.1) is 0 Å². The highest BCUT2D eigenvalue weighted by atomic mass is 32.2. The molecular weight excluding hydrogens is 262 g/mol. The summed E-state index contributed by atoms with van der Waals surface area (Å²) in [4.78, 5) is 26.1. The molecular formula is C13H19N3O2S. The highest BCUT2D eigenvalue weighted by molar-refractivity contribution is 7.98. The van der Waals surface area contributed by atoms with Gasteiger partial charge in [-0.3, -0.25) is 9.59 Å². The highest BCUT2D eigenvalue weighted by Crippen LogP contribution is 2.18. The number of likely N-dealkylation sites (N-methyl/N-ethyl adjacent to an activating group) is 1. The Balaban J connectivity index is 2.47. The lowest BCUT2D eigenvalue weighted by Gasteiger charge is -2.10. The molecule has 2 amide bonds. The summed E-state index contributed by atoms with van der Waals surface area (Å²) in [6.45, 7) is 1.14. The van der Waals surface area contributed by atoms with Crippen molar-refractivity contribution in [1.82, 2.24) is 10.2 Å². The molecule has 1 aromatic rings. The van der Waals surface area contributed by atoms with Crippen molar-refractivity contribution in [2.75, 3.05) is 38.8 Å².